The van der Waals surface area contributed by atoms with Gasteiger partial charge in [0.15, 0.2) is 6.10 Å². The van der Waals surface area contributed by atoms with Gasteiger partial charge in [-0.1, -0.05) is 29.8 Å². The van der Waals surface area contributed by atoms with E-state index in [1.54, 1.807) is 35.7 Å². The van der Waals surface area contributed by atoms with Crippen LogP contribution in [0.5, 0.6) is 0 Å². The molecule has 1 aromatic carbocycles. The number of sulfonamides is 1. The number of Topliss-reactive ketones (excluding diaryl/α,β-unsaturated/α-hetero) is 1. The van der Waals surface area contributed by atoms with Gasteiger partial charge in [0.1, 0.15) is 4.21 Å². The van der Waals surface area contributed by atoms with Gasteiger partial charge in [0.25, 0.3) is 10.0 Å². The van der Waals surface area contributed by atoms with Crippen molar-refractivity contribution in [2.45, 2.75) is 30.1 Å². The smallest absolute Gasteiger partial charge is 0.310 e. The van der Waals surface area contributed by atoms with Crippen LogP contribution in [0.3, 0.4) is 0 Å². The number of carbonyl (C=O) groups excluding carboxylic acids is 2. The van der Waals surface area contributed by atoms with Crippen molar-refractivity contribution >= 4 is 44.7 Å². The average molecular weight is 442 g/mol. The molecule has 6 nitrogen and oxygen atoms in total. The summed E-state index contributed by atoms with van der Waals surface area (Å²) in [5.74, 6) is -1.51. The van der Waals surface area contributed by atoms with Crippen molar-refractivity contribution < 1.29 is 22.7 Å². The molecule has 1 aliphatic heterocycles. The summed E-state index contributed by atoms with van der Waals surface area (Å²) in [6.45, 7) is 1.92. The van der Waals surface area contributed by atoms with E-state index in [2.05, 4.69) is 0 Å². The first kappa shape index (κ1) is 21.0. The number of benzene rings is 1. The van der Waals surface area contributed by atoms with Crippen molar-refractivity contribution in [3.63, 3.8) is 0 Å². The molecule has 0 bridgehead atoms. The van der Waals surface area contributed by atoms with Gasteiger partial charge in [-0.15, -0.1) is 11.3 Å². The molecule has 2 aromatic rings. The Labute approximate surface area is 173 Å². The number of esters is 1. The molecule has 0 spiro atoms. The lowest BCUT2D eigenvalue weighted by molar-refractivity contribution is -0.152. The van der Waals surface area contributed by atoms with Crippen molar-refractivity contribution in [3.05, 3.63) is 52.4 Å². The van der Waals surface area contributed by atoms with Gasteiger partial charge < -0.3 is 4.74 Å². The van der Waals surface area contributed by atoms with Gasteiger partial charge >= 0.3 is 5.97 Å². The number of piperidine rings is 1. The third-order valence-electron chi connectivity index (χ3n) is 4.58. The molecular formula is C19H20ClNO5S2. The maximum atomic E-state index is 12.7. The molecule has 1 saturated heterocycles. The molecule has 0 saturated carbocycles. The number of ether oxygens (including phenoxy) is 1. The lowest BCUT2D eigenvalue weighted by atomic mass is 9.99. The quantitative estimate of drug-likeness (QED) is 0.505. The van der Waals surface area contributed by atoms with Crippen LogP contribution in [-0.2, 0) is 19.6 Å². The van der Waals surface area contributed by atoms with Crippen LogP contribution in [0.2, 0.25) is 5.02 Å². The molecular weight excluding hydrogens is 422 g/mol. The van der Waals surface area contributed by atoms with Gasteiger partial charge in [-0.3, -0.25) is 9.59 Å². The number of rotatable bonds is 6. The standard InChI is InChI=1S/C19H20ClNO5S2/c1-13(18(22)14-5-2-7-16(20)11-14)26-19(23)15-6-3-9-21(12-15)28(24,25)17-8-4-10-27-17/h2,4-5,7-8,10-11,13,15H,3,6,9,12H2,1H3/t13-,15-/m0/s1. The third kappa shape index (κ3) is 4.63. The largest absolute Gasteiger partial charge is 0.454 e. The summed E-state index contributed by atoms with van der Waals surface area (Å²) < 4.78 is 32.3. The fourth-order valence-corrected chi connectivity index (χ4v) is 5.95. The molecule has 9 heteroatoms. The fourth-order valence-electron chi connectivity index (χ4n) is 3.09. The number of halogens is 1. The summed E-state index contributed by atoms with van der Waals surface area (Å²) in [6.07, 6.45) is 0.101. The van der Waals surface area contributed by atoms with Crippen LogP contribution in [0.25, 0.3) is 0 Å². The molecule has 28 heavy (non-hydrogen) atoms. The summed E-state index contributed by atoms with van der Waals surface area (Å²) in [6, 6.07) is 9.65. The highest BCUT2D eigenvalue weighted by Gasteiger charge is 2.35. The van der Waals surface area contributed by atoms with Crippen LogP contribution in [0.4, 0.5) is 0 Å². The van der Waals surface area contributed by atoms with Crippen LogP contribution in [0.15, 0.2) is 46.0 Å². The SMILES string of the molecule is C[C@H](OC(=O)[C@H]1CCCN(S(=O)(=O)c2cccs2)C1)C(=O)c1cccc(Cl)c1. The maximum Gasteiger partial charge on any atom is 0.310 e. The second-order valence-electron chi connectivity index (χ2n) is 6.59. The van der Waals surface area contributed by atoms with E-state index in [0.717, 1.165) is 11.3 Å². The Morgan fingerprint density at radius 2 is 2.07 bits per heavy atom. The minimum absolute atomic E-state index is 0.0527. The predicted molar refractivity (Wildman–Crippen MR) is 107 cm³/mol. The number of carbonyl (C=O) groups is 2. The summed E-state index contributed by atoms with van der Waals surface area (Å²) >= 11 is 7.05. The van der Waals surface area contributed by atoms with Crippen LogP contribution in [0, 0.1) is 5.92 Å². The molecule has 1 fully saturated rings. The van der Waals surface area contributed by atoms with Gasteiger partial charge in [0, 0.05) is 23.7 Å². The summed E-state index contributed by atoms with van der Waals surface area (Å²) in [5.41, 5.74) is 0.360. The molecule has 0 amide bonds. The Morgan fingerprint density at radius 1 is 1.29 bits per heavy atom. The average Bonchev–Trinajstić information content (AvgIpc) is 3.23. The molecule has 1 aromatic heterocycles. The maximum absolute atomic E-state index is 12.7. The Bertz CT molecular complexity index is 958. The van der Waals surface area contributed by atoms with Gasteiger partial charge in [0.05, 0.1) is 5.92 Å². The van der Waals surface area contributed by atoms with Crippen LogP contribution >= 0.6 is 22.9 Å². The minimum Gasteiger partial charge on any atom is -0.454 e. The highest BCUT2D eigenvalue weighted by molar-refractivity contribution is 7.91. The van der Waals surface area contributed by atoms with Crippen LogP contribution in [0.1, 0.15) is 30.1 Å². The van der Waals surface area contributed by atoms with E-state index >= 15 is 0 Å². The van der Waals surface area contributed by atoms with Crippen molar-refractivity contribution in [3.8, 4) is 0 Å². The number of ketones is 1. The number of hydrogen-bond donors (Lipinski definition) is 0. The zero-order valence-electron chi connectivity index (χ0n) is 15.2. The summed E-state index contributed by atoms with van der Waals surface area (Å²) in [7, 11) is -3.62. The Hall–Kier alpha value is -1.74. The first-order valence-electron chi connectivity index (χ1n) is 8.83. The predicted octanol–water partition coefficient (Wildman–Crippen LogP) is 3.62. The van der Waals surface area contributed by atoms with Crippen molar-refractivity contribution in [1.82, 2.24) is 4.31 Å². The van der Waals surface area contributed by atoms with E-state index in [-0.39, 0.29) is 16.5 Å². The lowest BCUT2D eigenvalue weighted by Crippen LogP contribution is -2.43. The van der Waals surface area contributed by atoms with Crippen LogP contribution in [-0.4, -0.2) is 43.7 Å². The van der Waals surface area contributed by atoms with Crippen molar-refractivity contribution in [1.29, 1.82) is 0 Å². The van der Waals surface area contributed by atoms with E-state index in [9.17, 15) is 18.0 Å². The lowest BCUT2D eigenvalue weighted by Gasteiger charge is -2.30. The van der Waals surface area contributed by atoms with Crippen LogP contribution < -0.4 is 0 Å². The second-order valence-corrected chi connectivity index (χ2v) is 10.1. The van der Waals surface area contributed by atoms with E-state index in [0.29, 0.717) is 30.0 Å². The number of thiophene rings is 1. The van der Waals surface area contributed by atoms with Gasteiger partial charge in [-0.25, -0.2) is 8.42 Å². The molecule has 0 unspecified atom stereocenters. The minimum atomic E-state index is -3.62. The summed E-state index contributed by atoms with van der Waals surface area (Å²) in [4.78, 5) is 25.0. The molecule has 1 aliphatic rings. The molecule has 0 N–H and O–H groups in total. The van der Waals surface area contributed by atoms with Gasteiger partial charge in [0.2, 0.25) is 5.78 Å². The van der Waals surface area contributed by atoms with Crippen molar-refractivity contribution in [2.24, 2.45) is 5.92 Å². The van der Waals surface area contributed by atoms with E-state index < -0.39 is 28.0 Å². The Kier molecular flexibility index (Phi) is 6.54. The molecule has 2 heterocycles. The van der Waals surface area contributed by atoms with Gasteiger partial charge in [-0.05, 0) is 43.3 Å². The molecule has 0 radical (unpaired) electrons. The number of hydrogen-bond acceptors (Lipinski definition) is 6. The third-order valence-corrected chi connectivity index (χ3v) is 8.05. The van der Waals surface area contributed by atoms with E-state index in [1.807, 2.05) is 0 Å². The zero-order chi connectivity index (χ0) is 20.3. The summed E-state index contributed by atoms with van der Waals surface area (Å²) in [5, 5.41) is 2.12. The molecule has 3 rings (SSSR count). The number of nitrogens with zero attached hydrogens (tertiary/aromatic N) is 1. The highest BCUT2D eigenvalue weighted by atomic mass is 35.5. The highest BCUT2D eigenvalue weighted by Crippen LogP contribution is 2.27. The first-order chi connectivity index (χ1) is 13.3. The second kappa shape index (κ2) is 8.73. The van der Waals surface area contributed by atoms with Crippen molar-refractivity contribution in [2.75, 3.05) is 13.1 Å². The monoisotopic (exact) mass is 441 g/mol. The Balaban J connectivity index is 1.65. The van der Waals surface area contributed by atoms with E-state index in [4.69, 9.17) is 16.3 Å². The molecule has 0 aliphatic carbocycles. The Morgan fingerprint density at radius 3 is 2.75 bits per heavy atom. The fraction of sp³-hybridized carbons (Fsp3) is 0.368. The normalized spacial score (nSPS) is 19.1. The van der Waals surface area contributed by atoms with Gasteiger partial charge in [-0.2, -0.15) is 4.31 Å². The van der Waals surface area contributed by atoms with E-state index in [1.165, 1.54) is 17.3 Å². The first-order valence-corrected chi connectivity index (χ1v) is 11.5. The molecule has 2 atom stereocenters. The zero-order valence-corrected chi connectivity index (χ0v) is 17.6. The molecule has 150 valence electrons. The topological polar surface area (TPSA) is 80.8 Å².